The van der Waals surface area contributed by atoms with Gasteiger partial charge in [-0.1, -0.05) is 36.4 Å². The summed E-state index contributed by atoms with van der Waals surface area (Å²) in [5, 5.41) is 9.51. The fourth-order valence-corrected chi connectivity index (χ4v) is 3.08. The maximum absolute atomic E-state index is 12.0. The molecule has 2 aromatic heterocycles. The summed E-state index contributed by atoms with van der Waals surface area (Å²) in [5.74, 6) is 0.0627. The Balaban J connectivity index is 1.53. The molecular weight excluding hydrogens is 306 g/mol. The van der Waals surface area contributed by atoms with Crippen LogP contribution in [0, 0.1) is 0 Å². The molecular formula is C18H19N3OS. The molecule has 0 unspecified atom stereocenters. The molecule has 0 fully saturated rings. The van der Waals surface area contributed by atoms with Crippen LogP contribution in [-0.4, -0.2) is 15.7 Å². The first kappa shape index (κ1) is 15.5. The Hall–Kier alpha value is -2.40. The highest BCUT2D eigenvalue weighted by molar-refractivity contribution is 7.13. The Morgan fingerprint density at radius 2 is 2.04 bits per heavy atom. The molecule has 0 atom stereocenters. The van der Waals surface area contributed by atoms with Gasteiger partial charge in [0.25, 0.3) is 0 Å². The third-order valence-corrected chi connectivity index (χ3v) is 4.59. The Bertz CT molecular complexity index is 763. The van der Waals surface area contributed by atoms with Gasteiger partial charge < -0.3 is 5.32 Å². The van der Waals surface area contributed by atoms with Crippen molar-refractivity contribution in [3.05, 3.63) is 65.2 Å². The lowest BCUT2D eigenvalue weighted by Gasteiger charge is -2.05. The van der Waals surface area contributed by atoms with Crippen molar-refractivity contribution in [2.75, 3.05) is 0 Å². The highest BCUT2D eigenvalue weighted by atomic mass is 32.1. The summed E-state index contributed by atoms with van der Waals surface area (Å²) in [6.07, 6.45) is 1.26. The minimum Gasteiger partial charge on any atom is -0.350 e. The van der Waals surface area contributed by atoms with E-state index in [4.69, 9.17) is 0 Å². The zero-order chi connectivity index (χ0) is 16.1. The Morgan fingerprint density at radius 1 is 1.22 bits per heavy atom. The van der Waals surface area contributed by atoms with Crippen molar-refractivity contribution < 1.29 is 4.79 Å². The van der Waals surface area contributed by atoms with E-state index in [1.807, 2.05) is 59.6 Å². The van der Waals surface area contributed by atoms with Gasteiger partial charge in [-0.05, 0) is 29.5 Å². The number of hydrogen-bond donors (Lipinski definition) is 1. The fraction of sp³-hybridized carbons (Fsp3) is 0.222. The monoisotopic (exact) mass is 325 g/mol. The number of rotatable bonds is 6. The first-order valence-electron chi connectivity index (χ1n) is 7.60. The molecule has 0 aliphatic carbocycles. The van der Waals surface area contributed by atoms with Crippen LogP contribution in [0.15, 0.2) is 53.9 Å². The summed E-state index contributed by atoms with van der Waals surface area (Å²) < 4.78 is 1.83. The smallest absolute Gasteiger partial charge is 0.220 e. The standard InChI is InChI=1S/C18H19N3OS/c1-21-15(12-16(20-21)17-8-5-11-23-17)13-19-18(22)10-9-14-6-3-2-4-7-14/h2-8,11-12H,9-10,13H2,1H3,(H,19,22). The molecule has 0 aliphatic heterocycles. The largest absolute Gasteiger partial charge is 0.350 e. The molecule has 23 heavy (non-hydrogen) atoms. The maximum Gasteiger partial charge on any atom is 0.220 e. The number of aryl methyl sites for hydroxylation is 2. The molecule has 3 rings (SSSR count). The number of aromatic nitrogens is 2. The first-order chi connectivity index (χ1) is 11.2. The lowest BCUT2D eigenvalue weighted by Crippen LogP contribution is -2.24. The van der Waals surface area contributed by atoms with Gasteiger partial charge in [-0.25, -0.2) is 0 Å². The Kier molecular flexibility index (Phi) is 4.88. The van der Waals surface area contributed by atoms with Crippen LogP contribution in [0.25, 0.3) is 10.6 Å². The summed E-state index contributed by atoms with van der Waals surface area (Å²) in [4.78, 5) is 13.1. The van der Waals surface area contributed by atoms with Gasteiger partial charge in [0, 0.05) is 13.5 Å². The number of benzene rings is 1. The fourth-order valence-electron chi connectivity index (χ4n) is 2.40. The topological polar surface area (TPSA) is 46.9 Å². The molecule has 3 aromatic rings. The van der Waals surface area contributed by atoms with Gasteiger partial charge in [0.15, 0.2) is 0 Å². The third-order valence-electron chi connectivity index (χ3n) is 3.70. The molecule has 0 spiro atoms. The lowest BCUT2D eigenvalue weighted by atomic mass is 10.1. The third kappa shape index (κ3) is 4.07. The van der Waals surface area contributed by atoms with E-state index in [2.05, 4.69) is 16.5 Å². The number of thiophene rings is 1. The van der Waals surface area contributed by atoms with Crippen LogP contribution in [-0.2, 0) is 24.8 Å². The van der Waals surface area contributed by atoms with Crippen LogP contribution in [0.5, 0.6) is 0 Å². The van der Waals surface area contributed by atoms with Crippen LogP contribution >= 0.6 is 11.3 Å². The van der Waals surface area contributed by atoms with Crippen LogP contribution < -0.4 is 5.32 Å². The van der Waals surface area contributed by atoms with E-state index in [1.54, 1.807) is 11.3 Å². The normalized spacial score (nSPS) is 10.7. The lowest BCUT2D eigenvalue weighted by molar-refractivity contribution is -0.121. The highest BCUT2D eigenvalue weighted by Gasteiger charge is 2.09. The van der Waals surface area contributed by atoms with Gasteiger partial charge in [-0.3, -0.25) is 9.48 Å². The molecule has 1 aromatic carbocycles. The number of nitrogens with one attached hydrogen (secondary N) is 1. The SMILES string of the molecule is Cn1nc(-c2cccs2)cc1CNC(=O)CCc1ccccc1. The molecule has 118 valence electrons. The summed E-state index contributed by atoms with van der Waals surface area (Å²) in [7, 11) is 1.91. The second-order valence-electron chi connectivity index (χ2n) is 5.38. The molecule has 0 saturated heterocycles. The predicted molar refractivity (Wildman–Crippen MR) is 93.1 cm³/mol. The number of amides is 1. The summed E-state index contributed by atoms with van der Waals surface area (Å²) in [6, 6.07) is 16.2. The van der Waals surface area contributed by atoms with Gasteiger partial charge in [-0.2, -0.15) is 5.10 Å². The van der Waals surface area contributed by atoms with Gasteiger partial charge in [0.1, 0.15) is 5.69 Å². The van der Waals surface area contributed by atoms with Crippen LogP contribution in [0.2, 0.25) is 0 Å². The minimum absolute atomic E-state index is 0.0627. The van der Waals surface area contributed by atoms with Gasteiger partial charge in [0.2, 0.25) is 5.91 Å². The van der Waals surface area contributed by atoms with Crippen molar-refractivity contribution in [1.82, 2.24) is 15.1 Å². The van der Waals surface area contributed by atoms with E-state index in [1.165, 1.54) is 5.56 Å². The number of carbonyl (C=O) groups excluding carboxylic acids is 1. The van der Waals surface area contributed by atoms with Crippen molar-refractivity contribution in [2.24, 2.45) is 7.05 Å². The minimum atomic E-state index is 0.0627. The molecule has 0 radical (unpaired) electrons. The van der Waals surface area contributed by atoms with E-state index in [0.29, 0.717) is 13.0 Å². The van der Waals surface area contributed by atoms with Crippen molar-refractivity contribution in [1.29, 1.82) is 0 Å². The maximum atomic E-state index is 12.0. The summed E-state index contributed by atoms with van der Waals surface area (Å²) in [6.45, 7) is 0.502. The molecule has 1 N–H and O–H groups in total. The highest BCUT2D eigenvalue weighted by Crippen LogP contribution is 2.23. The zero-order valence-electron chi connectivity index (χ0n) is 13.0. The zero-order valence-corrected chi connectivity index (χ0v) is 13.8. The molecule has 1 amide bonds. The second-order valence-corrected chi connectivity index (χ2v) is 6.33. The van der Waals surface area contributed by atoms with Crippen molar-refractivity contribution >= 4 is 17.2 Å². The Labute approximate surface area is 139 Å². The molecule has 0 bridgehead atoms. The van der Waals surface area contributed by atoms with Crippen LogP contribution in [0.3, 0.4) is 0 Å². The first-order valence-corrected chi connectivity index (χ1v) is 8.48. The van der Waals surface area contributed by atoms with Gasteiger partial charge in [-0.15, -0.1) is 11.3 Å². The quantitative estimate of drug-likeness (QED) is 0.755. The molecule has 0 saturated carbocycles. The molecule has 2 heterocycles. The van der Waals surface area contributed by atoms with E-state index in [9.17, 15) is 4.79 Å². The van der Waals surface area contributed by atoms with Crippen molar-refractivity contribution in [3.63, 3.8) is 0 Å². The van der Waals surface area contributed by atoms with E-state index < -0.39 is 0 Å². The molecule has 4 nitrogen and oxygen atoms in total. The van der Waals surface area contributed by atoms with Gasteiger partial charge >= 0.3 is 0 Å². The number of nitrogens with zero attached hydrogens (tertiary/aromatic N) is 2. The molecule has 0 aliphatic rings. The van der Waals surface area contributed by atoms with Crippen LogP contribution in [0.4, 0.5) is 0 Å². The van der Waals surface area contributed by atoms with E-state index >= 15 is 0 Å². The number of hydrogen-bond acceptors (Lipinski definition) is 3. The average molecular weight is 325 g/mol. The Morgan fingerprint density at radius 3 is 2.78 bits per heavy atom. The van der Waals surface area contributed by atoms with E-state index in [-0.39, 0.29) is 5.91 Å². The summed E-state index contributed by atoms with van der Waals surface area (Å²) >= 11 is 1.67. The number of carbonyl (C=O) groups is 1. The molecule has 5 heteroatoms. The summed E-state index contributed by atoms with van der Waals surface area (Å²) in [5.41, 5.74) is 3.14. The second kappa shape index (κ2) is 7.24. The van der Waals surface area contributed by atoms with Gasteiger partial charge in [0.05, 0.1) is 17.1 Å². The predicted octanol–water partition coefficient (Wildman–Crippen LogP) is 3.40. The van der Waals surface area contributed by atoms with Crippen LogP contribution in [0.1, 0.15) is 17.7 Å². The van der Waals surface area contributed by atoms with Crippen molar-refractivity contribution in [3.8, 4) is 10.6 Å². The average Bonchev–Trinajstić information content (AvgIpc) is 3.21. The van der Waals surface area contributed by atoms with E-state index in [0.717, 1.165) is 22.7 Å². The van der Waals surface area contributed by atoms with Crippen molar-refractivity contribution in [2.45, 2.75) is 19.4 Å².